The first kappa shape index (κ1) is 59.5. The second-order valence-corrected chi connectivity index (χ2v) is 16.9. The van der Waals surface area contributed by atoms with Gasteiger partial charge in [0.25, 0.3) is 0 Å². The Hall–Kier alpha value is -3.48. The Bertz CT molecular complexity index is 1300. The number of hydrogen-bond acceptors (Lipinski definition) is 5. The Morgan fingerprint density at radius 3 is 1.44 bits per heavy atom. The van der Waals surface area contributed by atoms with E-state index >= 15 is 0 Å². The number of carbonyl (C=O) groups is 2. The molecule has 0 aromatic heterocycles. The molecule has 0 aromatic rings. The van der Waals surface area contributed by atoms with Crippen molar-refractivity contribution in [3.63, 3.8) is 0 Å². The molecule has 0 saturated carbocycles. The maximum Gasteiger partial charge on any atom is 0.306 e. The number of ether oxygens (including phenoxy) is 1. The summed E-state index contributed by atoms with van der Waals surface area (Å²) < 4.78 is 5.86. The van der Waals surface area contributed by atoms with Crippen molar-refractivity contribution >= 4 is 11.9 Å². The van der Waals surface area contributed by atoms with E-state index in [4.69, 9.17) is 4.74 Å². The van der Waals surface area contributed by atoms with Gasteiger partial charge in [-0.25, -0.2) is 0 Å². The molecule has 0 aliphatic rings. The molecule has 6 heteroatoms. The second kappa shape index (κ2) is 49.5. The lowest BCUT2D eigenvalue weighted by atomic mass is 10.0. The number of allylic oxidation sites excluding steroid dienone is 18. The number of aliphatic hydroxyl groups is 2. The highest BCUT2D eigenvalue weighted by atomic mass is 16.5. The summed E-state index contributed by atoms with van der Waals surface area (Å²) in [5.41, 5.74) is 0. The van der Waals surface area contributed by atoms with Crippen LogP contribution in [0.2, 0.25) is 0 Å². The summed E-state index contributed by atoms with van der Waals surface area (Å²) in [6.07, 6.45) is 67.3. The van der Waals surface area contributed by atoms with Gasteiger partial charge in [0.2, 0.25) is 5.91 Å². The van der Waals surface area contributed by atoms with Gasteiger partial charge in [-0.05, 0) is 83.5 Å². The fraction of sp³-hybridized carbons (Fsp3) is 0.649. The maximum atomic E-state index is 13.2. The van der Waals surface area contributed by atoms with Crippen LogP contribution >= 0.6 is 0 Å². The van der Waals surface area contributed by atoms with Crippen LogP contribution in [0.15, 0.2) is 109 Å². The van der Waals surface area contributed by atoms with Gasteiger partial charge in [-0.15, -0.1) is 0 Å². The fourth-order valence-corrected chi connectivity index (χ4v) is 7.10. The van der Waals surface area contributed by atoms with Gasteiger partial charge in [-0.2, -0.15) is 0 Å². The summed E-state index contributed by atoms with van der Waals surface area (Å²) in [4.78, 5) is 26.1. The molecule has 3 unspecified atom stereocenters. The van der Waals surface area contributed by atoms with Gasteiger partial charge >= 0.3 is 5.97 Å². The van der Waals surface area contributed by atoms with E-state index in [1.165, 1.54) is 70.6 Å². The quantitative estimate of drug-likeness (QED) is 0.0245. The maximum absolute atomic E-state index is 13.2. The van der Waals surface area contributed by atoms with Crippen molar-refractivity contribution in [3.05, 3.63) is 109 Å². The SMILES string of the molecule is CC/C=C\C/C=C\C/C=C\C/C=C\C/C=C\C/C=C\CCC(=O)OC(CCCCC\C=C/C=C/C=C/CC)CC(=O)NC(CO)C(O)CCCCCCCCCCCCCCCC. The Morgan fingerprint density at radius 2 is 0.937 bits per heavy atom. The molecule has 0 spiro atoms. The summed E-state index contributed by atoms with van der Waals surface area (Å²) in [7, 11) is 0. The molecule has 0 aromatic carbocycles. The fourth-order valence-electron chi connectivity index (χ4n) is 7.10. The van der Waals surface area contributed by atoms with Crippen LogP contribution in [0.5, 0.6) is 0 Å². The molecule has 0 saturated heterocycles. The lowest BCUT2D eigenvalue weighted by molar-refractivity contribution is -0.150. The van der Waals surface area contributed by atoms with Crippen molar-refractivity contribution in [1.82, 2.24) is 5.32 Å². The molecule has 1 amide bonds. The minimum absolute atomic E-state index is 0.0176. The van der Waals surface area contributed by atoms with E-state index in [2.05, 4.69) is 117 Å². The zero-order valence-electron chi connectivity index (χ0n) is 40.7. The van der Waals surface area contributed by atoms with Gasteiger partial charge in [0.15, 0.2) is 0 Å². The highest BCUT2D eigenvalue weighted by Crippen LogP contribution is 2.17. The Morgan fingerprint density at radius 1 is 0.492 bits per heavy atom. The predicted octanol–water partition coefficient (Wildman–Crippen LogP) is 15.5. The molecule has 6 nitrogen and oxygen atoms in total. The summed E-state index contributed by atoms with van der Waals surface area (Å²) in [6.45, 7) is 6.20. The van der Waals surface area contributed by atoms with E-state index in [1.54, 1.807) is 0 Å². The van der Waals surface area contributed by atoms with E-state index in [9.17, 15) is 19.8 Å². The van der Waals surface area contributed by atoms with E-state index in [0.29, 0.717) is 19.3 Å². The Kier molecular flexibility index (Phi) is 46.8. The van der Waals surface area contributed by atoms with Crippen molar-refractivity contribution in [2.24, 2.45) is 0 Å². The molecule has 0 bridgehead atoms. The van der Waals surface area contributed by atoms with Gasteiger partial charge in [0, 0.05) is 6.42 Å². The van der Waals surface area contributed by atoms with Crippen molar-refractivity contribution in [2.75, 3.05) is 6.61 Å². The van der Waals surface area contributed by atoms with E-state index in [1.807, 2.05) is 18.2 Å². The van der Waals surface area contributed by atoms with Crippen LogP contribution in [0.25, 0.3) is 0 Å². The molecule has 0 fully saturated rings. The first-order valence-corrected chi connectivity index (χ1v) is 25.6. The zero-order valence-corrected chi connectivity index (χ0v) is 40.7. The number of carbonyl (C=O) groups excluding carboxylic acids is 2. The number of nitrogens with one attached hydrogen (secondary N) is 1. The Labute approximate surface area is 388 Å². The number of amides is 1. The summed E-state index contributed by atoms with van der Waals surface area (Å²) in [5.74, 6) is -0.619. The summed E-state index contributed by atoms with van der Waals surface area (Å²) in [5, 5.41) is 23.7. The zero-order chi connectivity index (χ0) is 45.9. The van der Waals surface area contributed by atoms with Gasteiger partial charge in [0.05, 0.1) is 25.2 Å². The van der Waals surface area contributed by atoms with Gasteiger partial charge < -0.3 is 20.3 Å². The molecule has 358 valence electrons. The number of esters is 1. The van der Waals surface area contributed by atoms with E-state index in [0.717, 1.165) is 89.9 Å². The third kappa shape index (κ3) is 44.9. The first-order valence-electron chi connectivity index (χ1n) is 25.6. The van der Waals surface area contributed by atoms with Crippen LogP contribution in [0, 0.1) is 0 Å². The highest BCUT2D eigenvalue weighted by molar-refractivity contribution is 5.77. The number of rotatable bonds is 44. The van der Waals surface area contributed by atoms with Crippen molar-refractivity contribution < 1.29 is 24.5 Å². The molecule has 0 radical (unpaired) electrons. The molecule has 63 heavy (non-hydrogen) atoms. The third-order valence-corrected chi connectivity index (χ3v) is 10.9. The summed E-state index contributed by atoms with van der Waals surface area (Å²) in [6, 6.07) is -0.734. The van der Waals surface area contributed by atoms with Crippen molar-refractivity contribution in [1.29, 1.82) is 0 Å². The van der Waals surface area contributed by atoms with Gasteiger partial charge in [-0.3, -0.25) is 9.59 Å². The molecule has 3 atom stereocenters. The van der Waals surface area contributed by atoms with Crippen LogP contribution < -0.4 is 5.32 Å². The summed E-state index contributed by atoms with van der Waals surface area (Å²) >= 11 is 0. The lowest BCUT2D eigenvalue weighted by Crippen LogP contribution is -2.46. The van der Waals surface area contributed by atoms with Crippen molar-refractivity contribution in [3.8, 4) is 0 Å². The number of hydrogen-bond donors (Lipinski definition) is 3. The van der Waals surface area contributed by atoms with E-state index in [-0.39, 0.29) is 31.3 Å². The van der Waals surface area contributed by atoms with Crippen LogP contribution in [-0.4, -0.2) is 46.9 Å². The minimum atomic E-state index is -0.816. The number of aliphatic hydroxyl groups excluding tert-OH is 2. The van der Waals surface area contributed by atoms with Gasteiger partial charge in [0.1, 0.15) is 6.10 Å². The lowest BCUT2D eigenvalue weighted by Gasteiger charge is -2.24. The third-order valence-electron chi connectivity index (χ3n) is 10.9. The molecule has 3 N–H and O–H groups in total. The normalized spacial score (nSPS) is 14.2. The molecular weight excluding hydrogens is 779 g/mol. The predicted molar refractivity (Wildman–Crippen MR) is 273 cm³/mol. The smallest absolute Gasteiger partial charge is 0.306 e. The molecule has 0 rings (SSSR count). The van der Waals surface area contributed by atoms with Crippen LogP contribution in [0.3, 0.4) is 0 Å². The molecule has 0 aliphatic carbocycles. The Balaban J connectivity index is 4.69. The van der Waals surface area contributed by atoms with Crippen LogP contribution in [0.4, 0.5) is 0 Å². The standard InChI is InChI=1S/C57H95NO5/c1-4-7-10-13-16-19-22-24-26-27-28-29-30-32-35-38-41-44-47-50-57(62)63-53(48-45-42-39-36-33-21-18-15-12-9-6-3)51-56(61)58-54(52-59)55(60)49-46-43-40-37-34-31-25-23-20-17-14-11-8-5-2/h7,9-10,12,15-16,18-19,21,24,26,28-29,32-33,35,41,44,53-55,59-60H,4-6,8,11,13-14,17,20,22-23,25,27,30-31,34,36-40,42-43,45-52H2,1-3H3,(H,58,61)/b10-7-,12-9+,18-15+,19-16-,26-24-,29-28-,33-21-,35-32-,44-41-. The van der Waals surface area contributed by atoms with Crippen molar-refractivity contribution in [2.45, 2.75) is 232 Å². The average Bonchev–Trinajstić information content (AvgIpc) is 3.28. The molecule has 0 aliphatic heterocycles. The molecule has 0 heterocycles. The monoisotopic (exact) mass is 874 g/mol. The van der Waals surface area contributed by atoms with Gasteiger partial charge in [-0.1, -0.05) is 226 Å². The van der Waals surface area contributed by atoms with E-state index < -0.39 is 18.2 Å². The average molecular weight is 874 g/mol. The second-order valence-electron chi connectivity index (χ2n) is 16.9. The van der Waals surface area contributed by atoms with Crippen LogP contribution in [0.1, 0.15) is 213 Å². The first-order chi connectivity index (χ1) is 31.0. The largest absolute Gasteiger partial charge is 0.462 e. The van der Waals surface area contributed by atoms with Crippen LogP contribution in [-0.2, 0) is 14.3 Å². The minimum Gasteiger partial charge on any atom is -0.462 e. The molecular formula is C57H95NO5. The number of unbranched alkanes of at least 4 members (excludes halogenated alkanes) is 16. The topological polar surface area (TPSA) is 95.9 Å². The highest BCUT2D eigenvalue weighted by Gasteiger charge is 2.24.